The predicted octanol–water partition coefficient (Wildman–Crippen LogP) is 2.40. The second-order valence-electron chi connectivity index (χ2n) is 4.03. The summed E-state index contributed by atoms with van der Waals surface area (Å²) in [5.41, 5.74) is 0.868. The van der Waals surface area contributed by atoms with Crippen LogP contribution in [0.3, 0.4) is 0 Å². The van der Waals surface area contributed by atoms with E-state index in [1.54, 1.807) is 24.3 Å². The van der Waals surface area contributed by atoms with Crippen LogP contribution in [0.5, 0.6) is 0 Å². The van der Waals surface area contributed by atoms with Gasteiger partial charge in [-0.15, -0.1) is 0 Å². The van der Waals surface area contributed by atoms with E-state index in [1.807, 2.05) is 0 Å². The fourth-order valence-corrected chi connectivity index (χ4v) is 3.58. The van der Waals surface area contributed by atoms with Gasteiger partial charge in [0.15, 0.2) is 0 Å². The van der Waals surface area contributed by atoms with Crippen molar-refractivity contribution in [3.8, 4) is 0 Å². The Morgan fingerprint density at radius 1 is 1.39 bits per heavy atom. The maximum atomic E-state index is 11.5. The molecule has 6 heteroatoms. The molecule has 2 aliphatic rings. The number of thioether (sulfide) groups is 1. The number of carboxylic acid groups (broad SMARTS) is 1. The molecule has 1 fully saturated rings. The van der Waals surface area contributed by atoms with Gasteiger partial charge in [-0.1, -0.05) is 35.5 Å². The number of amides is 1. The second-order valence-corrected chi connectivity index (χ2v) is 5.65. The largest absolute Gasteiger partial charge is 0.477 e. The van der Waals surface area contributed by atoms with Gasteiger partial charge >= 0.3 is 5.97 Å². The fraction of sp³-hybridized carbons (Fsp3) is 0.167. The van der Waals surface area contributed by atoms with Crippen LogP contribution in [-0.4, -0.2) is 27.3 Å². The SMILES string of the molecule is O=C(O)C1=C(c2ccc(Cl)cc2)S[C@@H]2CC(=O)N12. The topological polar surface area (TPSA) is 57.6 Å². The third kappa shape index (κ3) is 1.62. The Morgan fingerprint density at radius 2 is 2.06 bits per heavy atom. The standard InChI is InChI=1S/C12H8ClNO3S/c13-7-3-1-6(2-4-7)11-10(12(16)17)14-8(15)5-9(14)18-11/h1-4,9H,5H2,(H,16,17)/t9-/m1/s1. The van der Waals surface area contributed by atoms with Crippen molar-refractivity contribution in [1.82, 2.24) is 4.90 Å². The van der Waals surface area contributed by atoms with Crippen LogP contribution in [0.4, 0.5) is 0 Å². The highest BCUT2D eigenvalue weighted by molar-refractivity contribution is 8.09. The molecule has 1 N–H and O–H groups in total. The number of carbonyl (C=O) groups is 2. The van der Waals surface area contributed by atoms with Crippen LogP contribution >= 0.6 is 23.4 Å². The van der Waals surface area contributed by atoms with Gasteiger partial charge in [-0.25, -0.2) is 4.79 Å². The van der Waals surface area contributed by atoms with Gasteiger partial charge < -0.3 is 5.11 Å². The number of hydrogen-bond acceptors (Lipinski definition) is 3. The van der Waals surface area contributed by atoms with Crippen LogP contribution in [0.2, 0.25) is 5.02 Å². The molecule has 4 nitrogen and oxygen atoms in total. The average molecular weight is 282 g/mol. The number of carbonyl (C=O) groups excluding carboxylic acids is 1. The van der Waals surface area contributed by atoms with E-state index >= 15 is 0 Å². The summed E-state index contributed by atoms with van der Waals surface area (Å²) in [5, 5.41) is 9.78. The van der Waals surface area contributed by atoms with Gasteiger partial charge in [0.25, 0.3) is 0 Å². The number of aliphatic carboxylic acids is 1. The number of benzene rings is 1. The zero-order chi connectivity index (χ0) is 12.9. The molecular formula is C12H8ClNO3S. The lowest BCUT2D eigenvalue weighted by Gasteiger charge is -2.33. The number of nitrogens with zero attached hydrogens (tertiary/aromatic N) is 1. The van der Waals surface area contributed by atoms with Crippen molar-refractivity contribution < 1.29 is 14.7 Å². The minimum Gasteiger partial charge on any atom is -0.477 e. The average Bonchev–Trinajstić information content (AvgIpc) is 2.63. The molecule has 92 valence electrons. The number of hydrogen-bond donors (Lipinski definition) is 1. The Morgan fingerprint density at radius 3 is 2.61 bits per heavy atom. The van der Waals surface area contributed by atoms with Crippen molar-refractivity contribution in [3.63, 3.8) is 0 Å². The Balaban J connectivity index is 2.08. The van der Waals surface area contributed by atoms with Gasteiger partial charge in [-0.05, 0) is 17.7 Å². The monoisotopic (exact) mass is 281 g/mol. The van der Waals surface area contributed by atoms with E-state index in [9.17, 15) is 14.7 Å². The molecule has 0 spiro atoms. The summed E-state index contributed by atoms with van der Waals surface area (Å²) in [6.07, 6.45) is 0.401. The molecule has 1 aromatic rings. The zero-order valence-electron chi connectivity index (χ0n) is 9.09. The number of β-lactam (4-membered cyclic amide) rings is 1. The highest BCUT2D eigenvalue weighted by Crippen LogP contribution is 2.50. The molecule has 2 aliphatic heterocycles. The van der Waals surface area contributed by atoms with E-state index in [0.717, 1.165) is 5.56 Å². The Labute approximate surface area is 112 Å². The minimum atomic E-state index is -1.07. The molecule has 0 aromatic heterocycles. The number of halogens is 1. The van der Waals surface area contributed by atoms with E-state index < -0.39 is 5.97 Å². The molecule has 1 amide bonds. The van der Waals surface area contributed by atoms with Crippen molar-refractivity contribution >= 4 is 40.1 Å². The highest BCUT2D eigenvalue weighted by atomic mass is 35.5. The molecule has 0 aliphatic carbocycles. The van der Waals surface area contributed by atoms with E-state index in [-0.39, 0.29) is 17.0 Å². The van der Waals surface area contributed by atoms with E-state index in [1.165, 1.54) is 16.7 Å². The third-order valence-electron chi connectivity index (χ3n) is 2.92. The molecule has 1 saturated heterocycles. The lowest BCUT2D eigenvalue weighted by Crippen LogP contribution is -2.48. The maximum Gasteiger partial charge on any atom is 0.353 e. The Bertz CT molecular complexity index is 581. The molecule has 2 heterocycles. The molecule has 1 atom stereocenters. The van der Waals surface area contributed by atoms with Gasteiger partial charge in [0.05, 0.1) is 11.8 Å². The van der Waals surface area contributed by atoms with Crippen molar-refractivity contribution in [2.24, 2.45) is 0 Å². The first-order valence-corrected chi connectivity index (χ1v) is 6.56. The number of rotatable bonds is 2. The fourth-order valence-electron chi connectivity index (χ4n) is 2.06. The first-order valence-electron chi connectivity index (χ1n) is 5.30. The molecule has 0 unspecified atom stereocenters. The molecule has 0 radical (unpaired) electrons. The second kappa shape index (κ2) is 4.03. The molecule has 0 saturated carbocycles. The predicted molar refractivity (Wildman–Crippen MR) is 68.8 cm³/mol. The zero-order valence-corrected chi connectivity index (χ0v) is 10.7. The summed E-state index contributed by atoms with van der Waals surface area (Å²) in [6.45, 7) is 0. The van der Waals surface area contributed by atoms with Crippen LogP contribution < -0.4 is 0 Å². The van der Waals surface area contributed by atoms with Crippen LogP contribution in [-0.2, 0) is 9.59 Å². The maximum absolute atomic E-state index is 11.5. The molecular weight excluding hydrogens is 274 g/mol. The van der Waals surface area contributed by atoms with Gasteiger partial charge in [-0.3, -0.25) is 9.69 Å². The van der Waals surface area contributed by atoms with Crippen molar-refractivity contribution in [1.29, 1.82) is 0 Å². The first kappa shape index (κ1) is 11.6. The van der Waals surface area contributed by atoms with Crippen molar-refractivity contribution in [3.05, 3.63) is 40.5 Å². The van der Waals surface area contributed by atoms with E-state index in [2.05, 4.69) is 0 Å². The summed E-state index contributed by atoms with van der Waals surface area (Å²) < 4.78 is 0. The van der Waals surface area contributed by atoms with Gasteiger partial charge in [0.2, 0.25) is 5.91 Å². The van der Waals surface area contributed by atoms with Gasteiger partial charge in [-0.2, -0.15) is 0 Å². The van der Waals surface area contributed by atoms with Crippen LogP contribution in [0.25, 0.3) is 4.91 Å². The van der Waals surface area contributed by atoms with Crippen LogP contribution in [0.1, 0.15) is 12.0 Å². The molecule has 0 bridgehead atoms. The first-order chi connectivity index (χ1) is 8.58. The molecule has 18 heavy (non-hydrogen) atoms. The lowest BCUT2D eigenvalue weighted by molar-refractivity contribution is -0.145. The van der Waals surface area contributed by atoms with Gasteiger partial charge in [0, 0.05) is 9.93 Å². The lowest BCUT2D eigenvalue weighted by atomic mass is 10.1. The summed E-state index contributed by atoms with van der Waals surface area (Å²) in [4.78, 5) is 24.7. The van der Waals surface area contributed by atoms with Crippen LogP contribution in [0.15, 0.2) is 30.0 Å². The molecule has 3 rings (SSSR count). The Hall–Kier alpha value is -1.46. The van der Waals surface area contributed by atoms with E-state index in [4.69, 9.17) is 11.6 Å². The summed E-state index contributed by atoms with van der Waals surface area (Å²) in [5.74, 6) is -1.20. The number of carboxylic acids is 1. The summed E-state index contributed by atoms with van der Waals surface area (Å²) in [6, 6.07) is 6.95. The Kier molecular flexibility index (Phi) is 2.60. The number of fused-ring (bicyclic) bond motifs is 1. The van der Waals surface area contributed by atoms with E-state index in [0.29, 0.717) is 16.3 Å². The summed E-state index contributed by atoms with van der Waals surface area (Å²) in [7, 11) is 0. The van der Waals surface area contributed by atoms with Crippen molar-refractivity contribution in [2.75, 3.05) is 0 Å². The normalized spacial score (nSPS) is 21.9. The molecule has 1 aromatic carbocycles. The van der Waals surface area contributed by atoms with Crippen molar-refractivity contribution in [2.45, 2.75) is 11.8 Å². The third-order valence-corrected chi connectivity index (χ3v) is 4.49. The smallest absolute Gasteiger partial charge is 0.353 e. The highest BCUT2D eigenvalue weighted by Gasteiger charge is 2.48. The minimum absolute atomic E-state index is 0.0609. The van der Waals surface area contributed by atoms with Gasteiger partial charge in [0.1, 0.15) is 5.70 Å². The van der Waals surface area contributed by atoms with Crippen LogP contribution in [0, 0.1) is 0 Å². The summed E-state index contributed by atoms with van der Waals surface area (Å²) >= 11 is 7.23. The quantitative estimate of drug-likeness (QED) is 0.846.